The molecule has 0 unspecified atom stereocenters. The molecule has 1 saturated carbocycles. The van der Waals surface area contributed by atoms with Crippen molar-refractivity contribution in [3.8, 4) is 11.5 Å². The van der Waals surface area contributed by atoms with E-state index in [0.717, 1.165) is 24.7 Å². The lowest BCUT2D eigenvalue weighted by Gasteiger charge is -2.41. The molecule has 2 fully saturated rings. The lowest BCUT2D eigenvalue weighted by Crippen LogP contribution is -2.46. The first-order chi connectivity index (χ1) is 15.7. The van der Waals surface area contributed by atoms with Gasteiger partial charge in [0, 0.05) is 50.2 Å². The Kier molecular flexibility index (Phi) is 8.41. The van der Waals surface area contributed by atoms with Crippen LogP contribution in [0.2, 0.25) is 0 Å². The first-order valence-corrected chi connectivity index (χ1v) is 12.5. The van der Waals surface area contributed by atoms with Gasteiger partial charge in [0.1, 0.15) is 0 Å². The summed E-state index contributed by atoms with van der Waals surface area (Å²) in [5.41, 5.74) is 2.15. The zero-order valence-corrected chi connectivity index (χ0v) is 19.6. The van der Waals surface area contributed by atoms with Gasteiger partial charge < -0.3 is 14.7 Å². The van der Waals surface area contributed by atoms with Crippen LogP contribution in [-0.2, 0) is 13.1 Å². The third-order valence-electron chi connectivity index (χ3n) is 7.06. The lowest BCUT2D eigenvalue weighted by atomic mass is 9.90. The fourth-order valence-electron chi connectivity index (χ4n) is 5.53. The van der Waals surface area contributed by atoms with Crippen molar-refractivity contribution in [2.24, 2.45) is 5.92 Å². The van der Waals surface area contributed by atoms with Crippen molar-refractivity contribution in [1.29, 1.82) is 0 Å². The summed E-state index contributed by atoms with van der Waals surface area (Å²) < 4.78 is 5.62. The van der Waals surface area contributed by atoms with Crippen LogP contribution in [0.15, 0.2) is 42.7 Å². The number of aromatic nitrogens is 1. The Labute approximate surface area is 193 Å². The average Bonchev–Trinajstić information content (AvgIpc) is 2.83. The highest BCUT2D eigenvalue weighted by atomic mass is 16.5. The average molecular weight is 438 g/mol. The Bertz CT molecular complexity index is 823. The molecule has 1 aliphatic carbocycles. The molecule has 32 heavy (non-hydrogen) atoms. The first kappa shape index (κ1) is 23.1. The van der Waals surface area contributed by atoms with Crippen LogP contribution in [0, 0.1) is 5.92 Å². The van der Waals surface area contributed by atoms with E-state index in [1.165, 1.54) is 63.6 Å². The normalized spacial score (nSPS) is 20.5. The number of benzene rings is 1. The molecule has 0 spiro atoms. The second-order valence-corrected chi connectivity index (χ2v) is 9.52. The summed E-state index contributed by atoms with van der Waals surface area (Å²) in [5, 5.41) is 10.8. The van der Waals surface area contributed by atoms with Gasteiger partial charge in [0.2, 0.25) is 0 Å². The highest BCUT2D eigenvalue weighted by Crippen LogP contribution is 2.32. The van der Waals surface area contributed by atoms with Gasteiger partial charge in [0.15, 0.2) is 11.5 Å². The molecule has 1 aliphatic heterocycles. The predicted octanol–water partition coefficient (Wildman–Crippen LogP) is 5.23. The molecule has 2 heterocycles. The summed E-state index contributed by atoms with van der Waals surface area (Å²) in [7, 11) is 0. The van der Waals surface area contributed by atoms with Gasteiger partial charge in [-0.2, -0.15) is 0 Å². The van der Waals surface area contributed by atoms with E-state index in [0.29, 0.717) is 24.8 Å². The summed E-state index contributed by atoms with van der Waals surface area (Å²) in [6.45, 7) is 7.56. The number of phenols is 1. The topological polar surface area (TPSA) is 48.8 Å². The number of nitrogens with zero attached hydrogens (tertiary/aromatic N) is 3. The smallest absolute Gasteiger partial charge is 0.162 e. The molecular formula is C27H39N3O2. The minimum absolute atomic E-state index is 0.276. The molecular weight excluding hydrogens is 398 g/mol. The summed E-state index contributed by atoms with van der Waals surface area (Å²) >= 11 is 0. The number of pyridine rings is 1. The third-order valence-corrected chi connectivity index (χ3v) is 7.06. The van der Waals surface area contributed by atoms with Gasteiger partial charge in [-0.05, 0) is 62.8 Å². The molecule has 2 aliphatic rings. The van der Waals surface area contributed by atoms with Gasteiger partial charge in [0.25, 0.3) is 0 Å². The fourth-order valence-corrected chi connectivity index (χ4v) is 5.53. The fraction of sp³-hybridized carbons (Fsp3) is 0.593. The molecule has 1 saturated heterocycles. The van der Waals surface area contributed by atoms with E-state index in [4.69, 9.17) is 4.74 Å². The van der Waals surface area contributed by atoms with E-state index < -0.39 is 0 Å². The van der Waals surface area contributed by atoms with Gasteiger partial charge >= 0.3 is 0 Å². The first-order valence-electron chi connectivity index (χ1n) is 12.5. The number of hydrogen-bond acceptors (Lipinski definition) is 5. The van der Waals surface area contributed by atoms with Crippen LogP contribution < -0.4 is 4.74 Å². The minimum Gasteiger partial charge on any atom is -0.504 e. The number of likely N-dealkylation sites (tertiary alicyclic amines) is 1. The molecule has 1 aromatic carbocycles. The van der Waals surface area contributed by atoms with E-state index in [-0.39, 0.29) is 5.75 Å². The van der Waals surface area contributed by atoms with Crippen molar-refractivity contribution < 1.29 is 9.84 Å². The molecule has 1 aromatic heterocycles. The van der Waals surface area contributed by atoms with E-state index >= 15 is 0 Å². The zero-order valence-electron chi connectivity index (χ0n) is 19.6. The monoisotopic (exact) mass is 437 g/mol. The highest BCUT2D eigenvalue weighted by molar-refractivity contribution is 5.45. The SMILES string of the molecule is CCOc1cccc(CN(Cc2cccnc2)C[C@H]2CCCN(C3CCCCC3)C2)c1O. The summed E-state index contributed by atoms with van der Waals surface area (Å²) in [6, 6.07) is 10.8. The minimum atomic E-state index is 0.276. The van der Waals surface area contributed by atoms with Crippen molar-refractivity contribution in [2.75, 3.05) is 26.2 Å². The molecule has 1 atom stereocenters. The highest BCUT2D eigenvalue weighted by Gasteiger charge is 2.28. The molecule has 0 amide bonds. The Hall–Kier alpha value is -2.11. The van der Waals surface area contributed by atoms with Crippen LogP contribution in [0.1, 0.15) is 63.0 Å². The Balaban J connectivity index is 1.46. The largest absolute Gasteiger partial charge is 0.504 e. The standard InChI is InChI=1S/C27H39N3O2/c1-2-32-26-14-6-11-24(27(26)31)21-29(18-22-9-7-15-28-17-22)19-23-10-8-16-30(20-23)25-12-4-3-5-13-25/h6-7,9,11,14-15,17,23,25,31H,2-5,8,10,12-13,16,18-21H2,1H3/t23-/m1/s1. The molecule has 5 nitrogen and oxygen atoms in total. The maximum atomic E-state index is 10.8. The van der Waals surface area contributed by atoms with E-state index in [1.54, 1.807) is 0 Å². The van der Waals surface area contributed by atoms with Crippen molar-refractivity contribution >= 4 is 0 Å². The van der Waals surface area contributed by atoms with Crippen LogP contribution in [0.5, 0.6) is 11.5 Å². The number of phenolic OH excluding ortho intramolecular Hbond substituents is 1. The zero-order chi connectivity index (χ0) is 22.2. The van der Waals surface area contributed by atoms with Crippen LogP contribution in [0.4, 0.5) is 0 Å². The van der Waals surface area contributed by atoms with Crippen LogP contribution in [0.3, 0.4) is 0 Å². The molecule has 1 N–H and O–H groups in total. The Morgan fingerprint density at radius 3 is 2.72 bits per heavy atom. The maximum absolute atomic E-state index is 10.8. The number of para-hydroxylation sites is 1. The summed E-state index contributed by atoms with van der Waals surface area (Å²) in [5.74, 6) is 1.52. The van der Waals surface area contributed by atoms with Crippen molar-refractivity contribution in [2.45, 2.75) is 71.0 Å². The molecule has 5 heteroatoms. The third kappa shape index (κ3) is 6.23. The summed E-state index contributed by atoms with van der Waals surface area (Å²) in [6.07, 6.45) is 13.3. The van der Waals surface area contributed by atoms with Gasteiger partial charge in [0.05, 0.1) is 6.61 Å². The lowest BCUT2D eigenvalue weighted by molar-refractivity contribution is 0.0769. The number of aromatic hydroxyl groups is 1. The number of hydrogen-bond donors (Lipinski definition) is 1. The molecule has 2 aromatic rings. The Morgan fingerprint density at radius 2 is 1.94 bits per heavy atom. The van der Waals surface area contributed by atoms with Gasteiger partial charge in [-0.3, -0.25) is 9.88 Å². The summed E-state index contributed by atoms with van der Waals surface area (Å²) in [4.78, 5) is 9.58. The molecule has 0 radical (unpaired) electrons. The number of piperidine rings is 1. The maximum Gasteiger partial charge on any atom is 0.162 e. The van der Waals surface area contributed by atoms with Crippen LogP contribution in [0.25, 0.3) is 0 Å². The second-order valence-electron chi connectivity index (χ2n) is 9.52. The van der Waals surface area contributed by atoms with Crippen molar-refractivity contribution in [3.05, 3.63) is 53.9 Å². The quantitative estimate of drug-likeness (QED) is 0.582. The molecule has 0 bridgehead atoms. The van der Waals surface area contributed by atoms with Crippen LogP contribution >= 0.6 is 0 Å². The van der Waals surface area contributed by atoms with Gasteiger partial charge in [-0.25, -0.2) is 0 Å². The van der Waals surface area contributed by atoms with Crippen molar-refractivity contribution in [3.63, 3.8) is 0 Å². The van der Waals surface area contributed by atoms with Gasteiger partial charge in [-0.1, -0.05) is 37.5 Å². The van der Waals surface area contributed by atoms with E-state index in [9.17, 15) is 5.11 Å². The number of rotatable bonds is 9. The number of ether oxygens (including phenoxy) is 1. The van der Waals surface area contributed by atoms with Gasteiger partial charge in [-0.15, -0.1) is 0 Å². The Morgan fingerprint density at radius 1 is 1.06 bits per heavy atom. The molecule has 174 valence electrons. The second kappa shape index (κ2) is 11.7. The van der Waals surface area contributed by atoms with Crippen LogP contribution in [-0.4, -0.2) is 52.2 Å². The predicted molar refractivity (Wildman–Crippen MR) is 129 cm³/mol. The van der Waals surface area contributed by atoms with E-state index in [2.05, 4.69) is 20.9 Å². The van der Waals surface area contributed by atoms with E-state index in [1.807, 2.05) is 43.6 Å². The van der Waals surface area contributed by atoms with Crippen molar-refractivity contribution in [1.82, 2.24) is 14.8 Å². The molecule has 4 rings (SSSR count).